The largest absolute Gasteiger partial charge is 0.422 e. The standard InChI is InChI=1S/C18H11Cl2NO4S/c1-10-15(17(22)24-13-6-2-11(19)3-7-13)26-16(21-10)18(23)25-14-8-4-12(20)5-9-14/h2-9H,1H3. The van der Waals surface area contributed by atoms with Crippen molar-refractivity contribution in [1.29, 1.82) is 0 Å². The second-order valence-corrected chi connectivity index (χ2v) is 6.99. The molecule has 0 radical (unpaired) electrons. The molecule has 0 amide bonds. The van der Waals surface area contributed by atoms with E-state index >= 15 is 0 Å². The molecule has 2 aromatic carbocycles. The molecule has 0 aliphatic rings. The summed E-state index contributed by atoms with van der Waals surface area (Å²) in [7, 11) is 0. The summed E-state index contributed by atoms with van der Waals surface area (Å²) in [6, 6.07) is 12.7. The normalized spacial score (nSPS) is 10.4. The SMILES string of the molecule is Cc1nc(C(=O)Oc2ccc(Cl)cc2)sc1C(=O)Oc1ccc(Cl)cc1. The molecule has 3 aromatic rings. The number of rotatable bonds is 4. The van der Waals surface area contributed by atoms with Crippen molar-refractivity contribution in [3.8, 4) is 11.5 Å². The van der Waals surface area contributed by atoms with E-state index in [4.69, 9.17) is 32.7 Å². The highest BCUT2D eigenvalue weighted by Crippen LogP contribution is 2.24. The number of aromatic nitrogens is 1. The summed E-state index contributed by atoms with van der Waals surface area (Å²) in [5.41, 5.74) is 0.386. The van der Waals surface area contributed by atoms with Crippen LogP contribution < -0.4 is 9.47 Å². The molecule has 5 nitrogen and oxygen atoms in total. The summed E-state index contributed by atoms with van der Waals surface area (Å²) in [6.07, 6.45) is 0. The highest BCUT2D eigenvalue weighted by Gasteiger charge is 2.22. The first-order valence-electron chi connectivity index (χ1n) is 7.35. The third kappa shape index (κ3) is 4.40. The van der Waals surface area contributed by atoms with Crippen LogP contribution in [0.25, 0.3) is 0 Å². The van der Waals surface area contributed by atoms with Gasteiger partial charge in [0.25, 0.3) is 0 Å². The highest BCUT2D eigenvalue weighted by molar-refractivity contribution is 7.15. The van der Waals surface area contributed by atoms with Crippen molar-refractivity contribution in [2.75, 3.05) is 0 Å². The monoisotopic (exact) mass is 407 g/mol. The van der Waals surface area contributed by atoms with Crippen LogP contribution in [0.4, 0.5) is 0 Å². The quantitative estimate of drug-likeness (QED) is 0.439. The Morgan fingerprint density at radius 1 is 0.846 bits per heavy atom. The fourth-order valence-electron chi connectivity index (χ4n) is 1.98. The van der Waals surface area contributed by atoms with Crippen molar-refractivity contribution in [2.45, 2.75) is 6.92 Å². The van der Waals surface area contributed by atoms with Gasteiger partial charge in [-0.25, -0.2) is 14.6 Å². The van der Waals surface area contributed by atoms with Gasteiger partial charge in [0, 0.05) is 10.0 Å². The minimum absolute atomic E-state index is 0.0560. The summed E-state index contributed by atoms with van der Waals surface area (Å²) in [6.45, 7) is 1.62. The third-order valence-corrected chi connectivity index (χ3v) is 4.83. The smallest absolute Gasteiger partial charge is 0.372 e. The Hall–Kier alpha value is -2.41. The van der Waals surface area contributed by atoms with Crippen LogP contribution in [0.5, 0.6) is 11.5 Å². The molecule has 0 atom stereocenters. The molecule has 0 aliphatic heterocycles. The Morgan fingerprint density at radius 2 is 1.31 bits per heavy atom. The second kappa shape index (κ2) is 7.86. The van der Waals surface area contributed by atoms with Crippen LogP contribution in [0.2, 0.25) is 10.0 Å². The van der Waals surface area contributed by atoms with Crippen LogP contribution in [0, 0.1) is 6.92 Å². The van der Waals surface area contributed by atoms with Crippen LogP contribution >= 0.6 is 34.5 Å². The molecule has 0 unspecified atom stereocenters. The van der Waals surface area contributed by atoms with Gasteiger partial charge in [-0.05, 0) is 55.5 Å². The van der Waals surface area contributed by atoms with Gasteiger partial charge in [-0.3, -0.25) is 0 Å². The molecule has 0 saturated heterocycles. The van der Waals surface area contributed by atoms with E-state index in [0.29, 0.717) is 27.2 Å². The Bertz CT molecular complexity index is 952. The van der Waals surface area contributed by atoms with Crippen molar-refractivity contribution < 1.29 is 19.1 Å². The molecule has 8 heteroatoms. The van der Waals surface area contributed by atoms with Gasteiger partial charge >= 0.3 is 11.9 Å². The van der Waals surface area contributed by atoms with Gasteiger partial charge < -0.3 is 9.47 Å². The maximum Gasteiger partial charge on any atom is 0.372 e. The molecular formula is C18H11Cl2NO4S. The van der Waals surface area contributed by atoms with Crippen LogP contribution in [-0.4, -0.2) is 16.9 Å². The van der Waals surface area contributed by atoms with Crippen LogP contribution in [0.1, 0.15) is 25.2 Å². The van der Waals surface area contributed by atoms with E-state index < -0.39 is 11.9 Å². The number of aryl methyl sites for hydroxylation is 1. The number of halogens is 2. The number of thiazole rings is 1. The van der Waals surface area contributed by atoms with Crippen LogP contribution in [0.3, 0.4) is 0 Å². The molecule has 26 heavy (non-hydrogen) atoms. The predicted octanol–water partition coefficient (Wildman–Crippen LogP) is 5.20. The Kier molecular flexibility index (Phi) is 5.56. The molecule has 3 rings (SSSR count). The number of esters is 2. The van der Waals surface area contributed by atoms with Gasteiger partial charge in [0.15, 0.2) is 0 Å². The molecule has 132 valence electrons. The number of hydrogen-bond acceptors (Lipinski definition) is 6. The van der Waals surface area contributed by atoms with Crippen LogP contribution in [-0.2, 0) is 0 Å². The molecule has 1 heterocycles. The van der Waals surface area contributed by atoms with E-state index in [1.54, 1.807) is 55.5 Å². The maximum atomic E-state index is 12.3. The molecule has 0 spiro atoms. The number of nitrogens with zero attached hydrogens (tertiary/aromatic N) is 1. The molecule has 0 fully saturated rings. The number of benzene rings is 2. The molecule has 0 saturated carbocycles. The summed E-state index contributed by atoms with van der Waals surface area (Å²) in [5, 5.41) is 1.12. The van der Waals surface area contributed by atoms with E-state index in [9.17, 15) is 9.59 Å². The number of hydrogen-bond donors (Lipinski definition) is 0. The van der Waals surface area contributed by atoms with Gasteiger partial charge in [-0.1, -0.05) is 34.5 Å². The van der Waals surface area contributed by atoms with Crippen LogP contribution in [0.15, 0.2) is 48.5 Å². The van der Waals surface area contributed by atoms with Crippen molar-refractivity contribution >= 4 is 46.5 Å². The van der Waals surface area contributed by atoms with Gasteiger partial charge in [0.05, 0.1) is 5.69 Å². The molecule has 1 aromatic heterocycles. The van der Waals surface area contributed by atoms with Gasteiger partial charge in [0.2, 0.25) is 5.01 Å². The van der Waals surface area contributed by atoms with Crippen molar-refractivity contribution in [3.05, 3.63) is 74.2 Å². The fourth-order valence-corrected chi connectivity index (χ4v) is 3.05. The Morgan fingerprint density at radius 3 is 1.81 bits per heavy atom. The highest BCUT2D eigenvalue weighted by atomic mass is 35.5. The van der Waals surface area contributed by atoms with Gasteiger partial charge in [-0.15, -0.1) is 0 Å². The lowest BCUT2D eigenvalue weighted by atomic mass is 10.3. The van der Waals surface area contributed by atoms with Crippen molar-refractivity contribution in [2.24, 2.45) is 0 Å². The number of carbonyl (C=O) groups excluding carboxylic acids is 2. The predicted molar refractivity (Wildman–Crippen MR) is 99.7 cm³/mol. The summed E-state index contributed by atoms with van der Waals surface area (Å²) < 4.78 is 10.5. The van der Waals surface area contributed by atoms with Gasteiger partial charge in [-0.2, -0.15) is 0 Å². The fraction of sp³-hybridized carbons (Fsp3) is 0.0556. The average molecular weight is 408 g/mol. The van der Waals surface area contributed by atoms with E-state index in [0.717, 1.165) is 11.3 Å². The molecule has 0 bridgehead atoms. The Labute approximate surface area is 163 Å². The molecular weight excluding hydrogens is 397 g/mol. The first kappa shape index (κ1) is 18.4. The molecule has 0 N–H and O–H groups in total. The maximum absolute atomic E-state index is 12.3. The zero-order chi connectivity index (χ0) is 18.7. The summed E-state index contributed by atoms with van der Waals surface area (Å²) >= 11 is 12.5. The van der Waals surface area contributed by atoms with Crippen molar-refractivity contribution in [1.82, 2.24) is 4.98 Å². The van der Waals surface area contributed by atoms with E-state index in [-0.39, 0.29) is 9.88 Å². The third-order valence-electron chi connectivity index (χ3n) is 3.20. The number of carbonyl (C=O) groups is 2. The lowest BCUT2D eigenvalue weighted by Gasteiger charge is -2.02. The first-order chi connectivity index (χ1) is 12.4. The van der Waals surface area contributed by atoms with Gasteiger partial charge in [0.1, 0.15) is 16.4 Å². The average Bonchev–Trinajstić information content (AvgIpc) is 3.01. The van der Waals surface area contributed by atoms with Crippen molar-refractivity contribution in [3.63, 3.8) is 0 Å². The second-order valence-electron chi connectivity index (χ2n) is 5.12. The lowest BCUT2D eigenvalue weighted by molar-refractivity contribution is 0.0726. The molecule has 0 aliphatic carbocycles. The zero-order valence-corrected chi connectivity index (χ0v) is 15.7. The lowest BCUT2D eigenvalue weighted by Crippen LogP contribution is -2.08. The minimum Gasteiger partial charge on any atom is -0.422 e. The van der Waals surface area contributed by atoms with E-state index in [1.807, 2.05) is 0 Å². The zero-order valence-electron chi connectivity index (χ0n) is 13.4. The first-order valence-corrected chi connectivity index (χ1v) is 8.92. The number of ether oxygens (including phenoxy) is 2. The Balaban J connectivity index is 1.73. The van der Waals surface area contributed by atoms with E-state index in [2.05, 4.69) is 4.98 Å². The topological polar surface area (TPSA) is 65.5 Å². The minimum atomic E-state index is -0.661. The summed E-state index contributed by atoms with van der Waals surface area (Å²) in [4.78, 5) is 28.8. The summed E-state index contributed by atoms with van der Waals surface area (Å²) in [5.74, 6) is -0.589. The van der Waals surface area contributed by atoms with E-state index in [1.165, 1.54) is 0 Å².